The minimum Gasteiger partial charge on any atom is -0.496 e. The monoisotopic (exact) mass is 344 g/mol. The molecule has 0 aromatic heterocycles. The molecule has 14 heavy (non-hydrogen) atoms. The van der Waals surface area contributed by atoms with Crippen LogP contribution in [0, 0.1) is 3.57 Å². The number of halogens is 3. The van der Waals surface area contributed by atoms with Gasteiger partial charge in [-0.3, -0.25) is 4.79 Å². The summed E-state index contributed by atoms with van der Waals surface area (Å²) in [5, 5.41) is 0.468. The highest BCUT2D eigenvalue weighted by Crippen LogP contribution is 2.29. The van der Waals surface area contributed by atoms with Crippen LogP contribution < -0.4 is 4.74 Å². The Morgan fingerprint density at radius 3 is 2.71 bits per heavy atom. The first kappa shape index (κ1) is 12.1. The largest absolute Gasteiger partial charge is 0.496 e. The van der Waals surface area contributed by atoms with Crippen molar-refractivity contribution >= 4 is 51.6 Å². The Labute approximate surface area is 106 Å². The van der Waals surface area contributed by atoms with E-state index in [-0.39, 0.29) is 11.7 Å². The zero-order valence-corrected chi connectivity index (χ0v) is 11.0. The molecular formula is C9H7Cl2IO2. The molecule has 1 aromatic rings. The van der Waals surface area contributed by atoms with Crippen LogP contribution in [0.15, 0.2) is 12.1 Å². The summed E-state index contributed by atoms with van der Waals surface area (Å²) in [6.07, 6.45) is 0. The van der Waals surface area contributed by atoms with E-state index in [1.165, 1.54) is 7.11 Å². The molecular weight excluding hydrogens is 338 g/mol. The lowest BCUT2D eigenvalue weighted by Crippen LogP contribution is -2.04. The van der Waals surface area contributed by atoms with Crippen LogP contribution in [-0.4, -0.2) is 18.8 Å². The van der Waals surface area contributed by atoms with Gasteiger partial charge < -0.3 is 4.74 Å². The van der Waals surface area contributed by atoms with Gasteiger partial charge in [-0.2, -0.15) is 0 Å². The SMILES string of the molecule is COc1cc(Cl)cc(C(=O)CCl)c1I. The van der Waals surface area contributed by atoms with Gasteiger partial charge in [0.25, 0.3) is 0 Å². The molecule has 0 spiro atoms. The third-order valence-corrected chi connectivity index (χ3v) is 3.22. The number of ketones is 1. The molecule has 0 N–H and O–H groups in total. The van der Waals surface area contributed by atoms with Gasteiger partial charge in [0.15, 0.2) is 5.78 Å². The Bertz CT molecular complexity index is 366. The van der Waals surface area contributed by atoms with Crippen molar-refractivity contribution in [3.05, 3.63) is 26.3 Å². The molecule has 0 aliphatic carbocycles. The van der Waals surface area contributed by atoms with Crippen molar-refractivity contribution in [3.8, 4) is 5.75 Å². The van der Waals surface area contributed by atoms with Gasteiger partial charge in [0.2, 0.25) is 0 Å². The molecule has 0 unspecified atom stereocenters. The van der Waals surface area contributed by atoms with Crippen LogP contribution in [0.4, 0.5) is 0 Å². The average Bonchev–Trinajstić information content (AvgIpc) is 2.19. The van der Waals surface area contributed by atoms with E-state index in [1.54, 1.807) is 12.1 Å². The lowest BCUT2D eigenvalue weighted by Gasteiger charge is -2.07. The molecule has 2 nitrogen and oxygen atoms in total. The minimum atomic E-state index is -0.156. The Kier molecular flexibility index (Phi) is 4.47. The molecule has 0 saturated carbocycles. The van der Waals surface area contributed by atoms with Crippen molar-refractivity contribution in [2.24, 2.45) is 0 Å². The van der Waals surface area contributed by atoms with E-state index in [2.05, 4.69) is 0 Å². The van der Waals surface area contributed by atoms with Gasteiger partial charge in [0.1, 0.15) is 5.75 Å². The van der Waals surface area contributed by atoms with E-state index >= 15 is 0 Å². The summed E-state index contributed by atoms with van der Waals surface area (Å²) in [6.45, 7) is 0. The number of carbonyl (C=O) groups excluding carboxylic acids is 1. The Morgan fingerprint density at radius 1 is 1.57 bits per heavy atom. The zero-order valence-electron chi connectivity index (χ0n) is 7.31. The third kappa shape index (κ3) is 2.52. The third-order valence-electron chi connectivity index (χ3n) is 1.65. The van der Waals surface area contributed by atoms with E-state index in [0.717, 1.165) is 3.57 Å². The normalized spacial score (nSPS) is 10.0. The van der Waals surface area contributed by atoms with Crippen LogP contribution in [0.5, 0.6) is 5.75 Å². The first-order valence-electron chi connectivity index (χ1n) is 3.72. The smallest absolute Gasteiger partial charge is 0.178 e. The number of hydrogen-bond donors (Lipinski definition) is 0. The van der Waals surface area contributed by atoms with Gasteiger partial charge in [-0.25, -0.2) is 0 Å². The molecule has 0 fully saturated rings. The van der Waals surface area contributed by atoms with Gasteiger partial charge in [-0.1, -0.05) is 11.6 Å². The standard InChI is InChI=1S/C9H7Cl2IO2/c1-14-8-3-5(11)2-6(9(8)12)7(13)4-10/h2-3H,4H2,1H3. The van der Waals surface area contributed by atoms with Crippen LogP contribution in [0.2, 0.25) is 5.02 Å². The topological polar surface area (TPSA) is 26.3 Å². The Morgan fingerprint density at radius 2 is 2.21 bits per heavy atom. The van der Waals surface area contributed by atoms with Crippen molar-refractivity contribution in [1.82, 2.24) is 0 Å². The second-order valence-electron chi connectivity index (χ2n) is 2.53. The van der Waals surface area contributed by atoms with E-state index in [0.29, 0.717) is 16.3 Å². The fraction of sp³-hybridized carbons (Fsp3) is 0.222. The van der Waals surface area contributed by atoms with Gasteiger partial charge >= 0.3 is 0 Å². The minimum absolute atomic E-state index is 0.0561. The number of benzene rings is 1. The maximum absolute atomic E-state index is 11.4. The fourth-order valence-electron chi connectivity index (χ4n) is 0.988. The molecule has 0 radical (unpaired) electrons. The van der Waals surface area contributed by atoms with Gasteiger partial charge in [0, 0.05) is 10.6 Å². The summed E-state index contributed by atoms with van der Waals surface area (Å²) in [5.74, 6) is 0.378. The summed E-state index contributed by atoms with van der Waals surface area (Å²) >= 11 is 13.3. The van der Waals surface area contributed by atoms with Crippen molar-refractivity contribution in [2.45, 2.75) is 0 Å². The maximum Gasteiger partial charge on any atom is 0.178 e. The van der Waals surface area contributed by atoms with Crippen molar-refractivity contribution < 1.29 is 9.53 Å². The molecule has 0 atom stereocenters. The fourth-order valence-corrected chi connectivity index (χ4v) is 2.17. The first-order chi connectivity index (χ1) is 6.60. The van der Waals surface area contributed by atoms with Gasteiger partial charge in [0.05, 0.1) is 16.6 Å². The summed E-state index contributed by atoms with van der Waals surface area (Å²) in [4.78, 5) is 11.4. The molecule has 76 valence electrons. The molecule has 5 heteroatoms. The number of ether oxygens (including phenoxy) is 1. The number of hydrogen-bond acceptors (Lipinski definition) is 2. The lowest BCUT2D eigenvalue weighted by atomic mass is 10.1. The Balaban J connectivity index is 3.29. The highest BCUT2D eigenvalue weighted by Gasteiger charge is 2.14. The van der Waals surface area contributed by atoms with E-state index < -0.39 is 0 Å². The van der Waals surface area contributed by atoms with Crippen LogP contribution >= 0.6 is 45.8 Å². The van der Waals surface area contributed by atoms with Crippen molar-refractivity contribution in [3.63, 3.8) is 0 Å². The second-order valence-corrected chi connectivity index (χ2v) is 4.31. The summed E-state index contributed by atoms with van der Waals surface area (Å²) in [7, 11) is 1.53. The maximum atomic E-state index is 11.4. The predicted molar refractivity (Wildman–Crippen MR) is 65.8 cm³/mol. The molecule has 0 amide bonds. The van der Waals surface area contributed by atoms with Gasteiger partial charge in [-0.15, -0.1) is 11.6 Å². The van der Waals surface area contributed by atoms with E-state index in [9.17, 15) is 4.79 Å². The summed E-state index contributed by atoms with van der Waals surface area (Å²) in [6, 6.07) is 3.25. The van der Waals surface area contributed by atoms with E-state index in [1.807, 2.05) is 22.6 Å². The Hall–Kier alpha value is -0.000000000000000111. The lowest BCUT2D eigenvalue weighted by molar-refractivity contribution is 0.102. The summed E-state index contributed by atoms with van der Waals surface area (Å²) in [5.41, 5.74) is 0.505. The number of rotatable bonds is 3. The average molecular weight is 345 g/mol. The summed E-state index contributed by atoms with van der Waals surface area (Å²) < 4.78 is 5.81. The number of alkyl halides is 1. The molecule has 0 aliphatic heterocycles. The number of carbonyl (C=O) groups is 1. The quantitative estimate of drug-likeness (QED) is 0.477. The molecule has 0 aliphatic rings. The molecule has 0 saturated heterocycles. The van der Waals surface area contributed by atoms with Crippen LogP contribution in [0.3, 0.4) is 0 Å². The number of methoxy groups -OCH3 is 1. The van der Waals surface area contributed by atoms with E-state index in [4.69, 9.17) is 27.9 Å². The van der Waals surface area contributed by atoms with Crippen LogP contribution in [0.1, 0.15) is 10.4 Å². The van der Waals surface area contributed by atoms with Crippen molar-refractivity contribution in [1.29, 1.82) is 0 Å². The molecule has 0 bridgehead atoms. The molecule has 0 heterocycles. The molecule has 1 rings (SSSR count). The molecule has 1 aromatic carbocycles. The predicted octanol–water partition coefficient (Wildman–Crippen LogP) is 3.37. The van der Waals surface area contributed by atoms with Gasteiger partial charge in [-0.05, 0) is 34.7 Å². The second kappa shape index (κ2) is 5.19. The van der Waals surface area contributed by atoms with Crippen molar-refractivity contribution in [2.75, 3.05) is 13.0 Å². The highest BCUT2D eigenvalue weighted by molar-refractivity contribution is 14.1. The zero-order chi connectivity index (χ0) is 10.7. The number of Topliss-reactive ketones (excluding diaryl/α,β-unsaturated/α-hetero) is 1. The first-order valence-corrected chi connectivity index (χ1v) is 5.71. The van der Waals surface area contributed by atoms with Crippen LogP contribution in [-0.2, 0) is 0 Å². The van der Waals surface area contributed by atoms with Crippen LogP contribution in [0.25, 0.3) is 0 Å². The highest BCUT2D eigenvalue weighted by atomic mass is 127.